The standard InChI is InChI=1S/C26H31NO5S/c1-5-32-25(31)21-18(14-8-10-17(11-9-14)26(2,3)4)13-33-23(21)27-22(28)19-15-6-7-16(12-15)20(19)24(29)30/h8-11,13,15-16,19-20H,5-7,12H2,1-4H3,(H,27,28)(H,29,30)/t15-,16+,19+,20+/m1/s1. The van der Waals surface area contributed by atoms with Crippen LogP contribution in [0.1, 0.15) is 62.9 Å². The molecule has 2 fully saturated rings. The smallest absolute Gasteiger partial charge is 0.341 e. The topological polar surface area (TPSA) is 92.7 Å². The fraction of sp³-hybridized carbons (Fsp3) is 0.500. The largest absolute Gasteiger partial charge is 0.481 e. The van der Waals surface area contributed by atoms with Gasteiger partial charge in [-0.05, 0) is 54.6 Å². The van der Waals surface area contributed by atoms with E-state index in [4.69, 9.17) is 4.74 Å². The molecule has 7 heteroatoms. The Kier molecular flexibility index (Phi) is 6.36. The Morgan fingerprint density at radius 2 is 1.73 bits per heavy atom. The predicted molar refractivity (Wildman–Crippen MR) is 128 cm³/mol. The van der Waals surface area contributed by atoms with Gasteiger partial charge >= 0.3 is 11.9 Å². The molecule has 2 N–H and O–H groups in total. The van der Waals surface area contributed by atoms with Crippen LogP contribution in [-0.2, 0) is 19.7 Å². The molecule has 0 unspecified atom stereocenters. The minimum atomic E-state index is -0.904. The number of aliphatic carboxylic acids is 1. The normalized spacial score (nSPS) is 24.0. The zero-order chi connectivity index (χ0) is 23.9. The van der Waals surface area contributed by atoms with Gasteiger partial charge in [0.15, 0.2) is 0 Å². The van der Waals surface area contributed by atoms with Gasteiger partial charge in [-0.2, -0.15) is 0 Å². The third-order valence-electron chi connectivity index (χ3n) is 7.07. The van der Waals surface area contributed by atoms with Gasteiger partial charge in [-0.15, -0.1) is 11.3 Å². The highest BCUT2D eigenvalue weighted by molar-refractivity contribution is 7.15. The molecule has 2 aliphatic carbocycles. The number of hydrogen-bond donors (Lipinski definition) is 2. The Labute approximate surface area is 198 Å². The number of thiophene rings is 1. The van der Waals surface area contributed by atoms with E-state index in [2.05, 4.69) is 26.1 Å². The summed E-state index contributed by atoms with van der Waals surface area (Å²) in [5.41, 5.74) is 3.10. The first-order valence-electron chi connectivity index (χ1n) is 11.5. The van der Waals surface area contributed by atoms with Gasteiger partial charge in [0, 0.05) is 10.9 Å². The van der Waals surface area contributed by atoms with Crippen molar-refractivity contribution < 1.29 is 24.2 Å². The van der Waals surface area contributed by atoms with E-state index in [1.165, 1.54) is 16.9 Å². The quantitative estimate of drug-likeness (QED) is 0.539. The molecule has 2 saturated carbocycles. The molecule has 1 aromatic carbocycles. The molecule has 2 bridgehead atoms. The summed E-state index contributed by atoms with van der Waals surface area (Å²) in [4.78, 5) is 38.0. The SMILES string of the molecule is CCOC(=O)c1c(-c2ccc(C(C)(C)C)cc2)csc1NC(=O)[C@H]1[C@@H]2CC[C@@H](C2)[C@@H]1C(=O)O. The molecule has 0 aliphatic heterocycles. The molecule has 33 heavy (non-hydrogen) atoms. The van der Waals surface area contributed by atoms with Crippen molar-refractivity contribution >= 4 is 34.2 Å². The van der Waals surface area contributed by atoms with E-state index < -0.39 is 23.8 Å². The lowest BCUT2D eigenvalue weighted by Gasteiger charge is -2.27. The van der Waals surface area contributed by atoms with Crippen LogP contribution in [0.5, 0.6) is 0 Å². The number of esters is 1. The first kappa shape index (κ1) is 23.5. The monoisotopic (exact) mass is 469 g/mol. The number of carboxylic acids is 1. The molecule has 4 rings (SSSR count). The number of hydrogen-bond acceptors (Lipinski definition) is 5. The summed E-state index contributed by atoms with van der Waals surface area (Å²) < 4.78 is 5.31. The number of carbonyl (C=O) groups excluding carboxylic acids is 2. The highest BCUT2D eigenvalue weighted by Gasteiger charge is 2.54. The van der Waals surface area contributed by atoms with Crippen molar-refractivity contribution in [1.82, 2.24) is 0 Å². The van der Waals surface area contributed by atoms with Gasteiger partial charge in [0.05, 0.1) is 18.4 Å². The summed E-state index contributed by atoms with van der Waals surface area (Å²) in [6.07, 6.45) is 2.54. The average Bonchev–Trinajstić information content (AvgIpc) is 3.47. The van der Waals surface area contributed by atoms with Crippen LogP contribution >= 0.6 is 11.3 Å². The molecule has 2 aromatic rings. The van der Waals surface area contributed by atoms with Crippen molar-refractivity contribution in [2.75, 3.05) is 11.9 Å². The zero-order valence-corrected chi connectivity index (χ0v) is 20.3. The van der Waals surface area contributed by atoms with Crippen molar-refractivity contribution in [3.05, 3.63) is 40.8 Å². The van der Waals surface area contributed by atoms with Gasteiger partial charge in [0.2, 0.25) is 5.91 Å². The second kappa shape index (κ2) is 8.93. The second-order valence-electron chi connectivity index (χ2n) is 10.1. The number of carbonyl (C=O) groups is 3. The highest BCUT2D eigenvalue weighted by atomic mass is 32.1. The Hall–Kier alpha value is -2.67. The number of fused-ring (bicyclic) bond motifs is 2. The molecule has 1 heterocycles. The van der Waals surface area contributed by atoms with E-state index in [1.54, 1.807) is 6.92 Å². The number of rotatable bonds is 6. The first-order valence-corrected chi connectivity index (χ1v) is 12.4. The van der Waals surface area contributed by atoms with Crippen LogP contribution in [0.4, 0.5) is 5.00 Å². The van der Waals surface area contributed by atoms with Gasteiger partial charge in [0.1, 0.15) is 10.6 Å². The van der Waals surface area contributed by atoms with Crippen molar-refractivity contribution in [2.45, 2.75) is 52.4 Å². The van der Waals surface area contributed by atoms with Crippen molar-refractivity contribution in [3.63, 3.8) is 0 Å². The Balaban J connectivity index is 1.65. The summed E-state index contributed by atoms with van der Waals surface area (Å²) in [7, 11) is 0. The molecule has 1 aromatic heterocycles. The number of nitrogens with one attached hydrogen (secondary N) is 1. The van der Waals surface area contributed by atoms with Crippen LogP contribution in [0.25, 0.3) is 11.1 Å². The van der Waals surface area contributed by atoms with E-state index in [1.807, 2.05) is 29.6 Å². The Morgan fingerprint density at radius 3 is 2.30 bits per heavy atom. The fourth-order valence-corrected chi connectivity index (χ4v) is 6.40. The van der Waals surface area contributed by atoms with Crippen LogP contribution in [0.2, 0.25) is 0 Å². The maximum atomic E-state index is 13.2. The molecule has 0 spiro atoms. The van der Waals surface area contributed by atoms with E-state index >= 15 is 0 Å². The molecule has 4 atom stereocenters. The molecule has 2 aliphatic rings. The summed E-state index contributed by atoms with van der Waals surface area (Å²) >= 11 is 1.27. The molecular formula is C26H31NO5S. The number of anilines is 1. The lowest BCUT2D eigenvalue weighted by molar-refractivity contribution is -0.148. The molecular weight excluding hydrogens is 438 g/mol. The third-order valence-corrected chi connectivity index (χ3v) is 7.97. The lowest BCUT2D eigenvalue weighted by atomic mass is 9.78. The fourth-order valence-electron chi connectivity index (χ4n) is 5.44. The van der Waals surface area contributed by atoms with Gasteiger partial charge < -0.3 is 15.2 Å². The molecule has 1 amide bonds. The van der Waals surface area contributed by atoms with Crippen LogP contribution in [0.15, 0.2) is 29.6 Å². The van der Waals surface area contributed by atoms with Crippen LogP contribution in [0.3, 0.4) is 0 Å². The number of amides is 1. The first-order chi connectivity index (χ1) is 15.6. The summed E-state index contributed by atoms with van der Waals surface area (Å²) in [5, 5.41) is 14.9. The van der Waals surface area contributed by atoms with Crippen LogP contribution < -0.4 is 5.32 Å². The van der Waals surface area contributed by atoms with E-state index in [9.17, 15) is 19.5 Å². The summed E-state index contributed by atoms with van der Waals surface area (Å²) in [5.74, 6) is -2.77. The van der Waals surface area contributed by atoms with Gasteiger partial charge in [-0.3, -0.25) is 9.59 Å². The summed E-state index contributed by atoms with van der Waals surface area (Å²) in [6.45, 7) is 8.39. The van der Waals surface area contributed by atoms with E-state index in [-0.39, 0.29) is 29.8 Å². The van der Waals surface area contributed by atoms with Crippen molar-refractivity contribution in [3.8, 4) is 11.1 Å². The Bertz CT molecular complexity index is 1070. The lowest BCUT2D eigenvalue weighted by Crippen LogP contribution is -2.37. The third kappa shape index (κ3) is 4.43. The van der Waals surface area contributed by atoms with Crippen LogP contribution in [0, 0.1) is 23.7 Å². The maximum absolute atomic E-state index is 13.2. The maximum Gasteiger partial charge on any atom is 0.341 e. The van der Waals surface area contributed by atoms with Gasteiger partial charge in [-0.1, -0.05) is 45.0 Å². The molecule has 176 valence electrons. The zero-order valence-electron chi connectivity index (χ0n) is 19.5. The Morgan fingerprint density at radius 1 is 1.09 bits per heavy atom. The van der Waals surface area contributed by atoms with Gasteiger partial charge in [-0.25, -0.2) is 4.79 Å². The van der Waals surface area contributed by atoms with Crippen molar-refractivity contribution in [2.24, 2.45) is 23.7 Å². The van der Waals surface area contributed by atoms with Crippen LogP contribution in [-0.4, -0.2) is 29.6 Å². The van der Waals surface area contributed by atoms with E-state index in [0.717, 1.165) is 24.8 Å². The minimum absolute atomic E-state index is 0.0115. The average molecular weight is 470 g/mol. The van der Waals surface area contributed by atoms with Gasteiger partial charge in [0.25, 0.3) is 0 Å². The predicted octanol–water partition coefficient (Wildman–Crippen LogP) is 5.57. The summed E-state index contributed by atoms with van der Waals surface area (Å²) in [6, 6.07) is 8.06. The molecule has 6 nitrogen and oxygen atoms in total. The minimum Gasteiger partial charge on any atom is -0.481 e. The highest BCUT2D eigenvalue weighted by Crippen LogP contribution is 2.53. The number of ether oxygens (including phenoxy) is 1. The second-order valence-corrected chi connectivity index (χ2v) is 11.0. The molecule has 0 saturated heterocycles. The van der Waals surface area contributed by atoms with Crippen molar-refractivity contribution in [1.29, 1.82) is 0 Å². The number of benzene rings is 1. The number of carboxylic acid groups (broad SMARTS) is 1. The molecule has 0 radical (unpaired) electrons. The van der Waals surface area contributed by atoms with E-state index in [0.29, 0.717) is 16.1 Å².